The summed E-state index contributed by atoms with van der Waals surface area (Å²) in [5.74, 6) is 0.544. The Morgan fingerprint density at radius 3 is 2.79 bits per heavy atom. The molecule has 1 unspecified atom stereocenters. The lowest BCUT2D eigenvalue weighted by Gasteiger charge is -2.37. The quantitative estimate of drug-likeness (QED) is 0.418. The summed E-state index contributed by atoms with van der Waals surface area (Å²) in [4.78, 5) is 28.0. The minimum absolute atomic E-state index is 0.0493. The van der Waals surface area contributed by atoms with E-state index in [0.717, 1.165) is 18.0 Å². The number of benzene rings is 2. The summed E-state index contributed by atoms with van der Waals surface area (Å²) in [6, 6.07) is 12.5. The fourth-order valence-corrected chi connectivity index (χ4v) is 3.89. The van der Waals surface area contributed by atoms with Crippen molar-refractivity contribution >= 4 is 29.0 Å². The van der Waals surface area contributed by atoms with Gasteiger partial charge in [-0.05, 0) is 37.4 Å². The summed E-state index contributed by atoms with van der Waals surface area (Å²) in [5.41, 5.74) is 1.31. The second-order valence-corrected chi connectivity index (χ2v) is 7.42. The molecule has 0 aromatic heterocycles. The van der Waals surface area contributed by atoms with Gasteiger partial charge >= 0.3 is 0 Å². The van der Waals surface area contributed by atoms with E-state index >= 15 is 0 Å². The molecule has 1 heterocycles. The largest absolute Gasteiger partial charge is 0.485 e. The lowest BCUT2D eigenvalue weighted by Crippen LogP contribution is -2.46. The van der Waals surface area contributed by atoms with Gasteiger partial charge in [-0.3, -0.25) is 14.9 Å². The van der Waals surface area contributed by atoms with Crippen LogP contribution in [0, 0.1) is 10.1 Å². The van der Waals surface area contributed by atoms with Crippen molar-refractivity contribution < 1.29 is 14.5 Å². The highest BCUT2D eigenvalue weighted by atomic mass is 32.2. The Kier molecular flexibility index (Phi) is 6.08. The summed E-state index contributed by atoms with van der Waals surface area (Å²) in [6.07, 6.45) is 1.59. The van der Waals surface area contributed by atoms with Crippen molar-refractivity contribution in [1.29, 1.82) is 0 Å². The van der Waals surface area contributed by atoms with Crippen LogP contribution >= 0.6 is 11.8 Å². The standard InChI is InChI=1S/C20H23N3O4S/c1-4-22-13-15(27-18-8-6-5-7-16(18)22)12-21(2)20(24)14-9-10-19(28-3)17(11-14)23(25)26/h5-11,15H,4,12-13H2,1-3H3. The summed E-state index contributed by atoms with van der Waals surface area (Å²) >= 11 is 1.29. The highest BCUT2D eigenvalue weighted by Gasteiger charge is 2.27. The molecule has 1 atom stereocenters. The summed E-state index contributed by atoms with van der Waals surface area (Å²) in [5, 5.41) is 11.3. The zero-order chi connectivity index (χ0) is 20.3. The van der Waals surface area contributed by atoms with Crippen LogP contribution in [0.25, 0.3) is 0 Å². The SMILES string of the molecule is CCN1CC(CN(C)C(=O)c2ccc(SC)c([N+](=O)[O-])c2)Oc2ccccc21. The van der Waals surface area contributed by atoms with Crippen molar-refractivity contribution in [3.63, 3.8) is 0 Å². The Hall–Kier alpha value is -2.74. The molecule has 0 bridgehead atoms. The first-order valence-electron chi connectivity index (χ1n) is 9.03. The van der Waals surface area contributed by atoms with Gasteiger partial charge in [-0.15, -0.1) is 11.8 Å². The number of hydrogen-bond acceptors (Lipinski definition) is 6. The molecule has 0 N–H and O–H groups in total. The van der Waals surface area contributed by atoms with Crippen LogP contribution in [0.4, 0.5) is 11.4 Å². The number of rotatable bonds is 6. The molecule has 2 aromatic rings. The van der Waals surface area contributed by atoms with Gasteiger partial charge in [0.15, 0.2) is 0 Å². The van der Waals surface area contributed by atoms with Crippen LogP contribution in [0.5, 0.6) is 5.75 Å². The number of likely N-dealkylation sites (N-methyl/N-ethyl adjacent to an activating group) is 2. The molecule has 148 valence electrons. The number of para-hydroxylation sites is 2. The topological polar surface area (TPSA) is 75.9 Å². The Balaban J connectivity index is 1.75. The number of nitrogens with zero attached hydrogens (tertiary/aromatic N) is 3. The van der Waals surface area contributed by atoms with E-state index in [4.69, 9.17) is 4.74 Å². The van der Waals surface area contributed by atoms with Gasteiger partial charge in [-0.25, -0.2) is 0 Å². The van der Waals surface area contributed by atoms with Crippen molar-refractivity contribution in [3.8, 4) is 5.75 Å². The molecule has 3 rings (SSSR count). The average Bonchev–Trinajstić information content (AvgIpc) is 2.71. The molecule has 0 radical (unpaired) electrons. The maximum absolute atomic E-state index is 12.8. The van der Waals surface area contributed by atoms with E-state index in [1.54, 1.807) is 30.3 Å². The fourth-order valence-electron chi connectivity index (χ4n) is 3.35. The maximum atomic E-state index is 12.8. The lowest BCUT2D eigenvalue weighted by molar-refractivity contribution is -0.387. The third-order valence-electron chi connectivity index (χ3n) is 4.75. The number of thioether (sulfide) groups is 1. The maximum Gasteiger partial charge on any atom is 0.283 e. The van der Waals surface area contributed by atoms with E-state index in [2.05, 4.69) is 11.8 Å². The van der Waals surface area contributed by atoms with E-state index in [1.807, 2.05) is 24.3 Å². The lowest BCUT2D eigenvalue weighted by atomic mass is 10.1. The van der Waals surface area contributed by atoms with Gasteiger partial charge in [0.1, 0.15) is 11.9 Å². The second kappa shape index (κ2) is 8.52. The van der Waals surface area contributed by atoms with Gasteiger partial charge < -0.3 is 14.5 Å². The third kappa shape index (κ3) is 4.06. The smallest absolute Gasteiger partial charge is 0.283 e. The normalized spacial score (nSPS) is 15.5. The van der Waals surface area contributed by atoms with Crippen LogP contribution in [0.1, 0.15) is 17.3 Å². The van der Waals surface area contributed by atoms with Gasteiger partial charge in [-0.2, -0.15) is 0 Å². The van der Waals surface area contributed by atoms with Crippen LogP contribution in [-0.2, 0) is 0 Å². The summed E-state index contributed by atoms with van der Waals surface area (Å²) in [7, 11) is 1.69. The molecular weight excluding hydrogens is 378 g/mol. The molecule has 1 aliphatic rings. The van der Waals surface area contributed by atoms with Crippen molar-refractivity contribution in [2.24, 2.45) is 0 Å². The first-order chi connectivity index (χ1) is 13.4. The summed E-state index contributed by atoms with van der Waals surface area (Å²) in [6.45, 7) is 4.00. The molecule has 0 saturated heterocycles. The minimum atomic E-state index is -0.455. The van der Waals surface area contributed by atoms with Crippen LogP contribution in [0.2, 0.25) is 0 Å². The van der Waals surface area contributed by atoms with E-state index in [-0.39, 0.29) is 17.7 Å². The van der Waals surface area contributed by atoms with Crippen LogP contribution in [0.15, 0.2) is 47.4 Å². The third-order valence-corrected chi connectivity index (χ3v) is 5.54. The Labute approximate surface area is 168 Å². The number of carbonyl (C=O) groups excluding carboxylic acids is 1. The van der Waals surface area contributed by atoms with E-state index < -0.39 is 4.92 Å². The molecule has 8 heteroatoms. The summed E-state index contributed by atoms with van der Waals surface area (Å²) < 4.78 is 6.07. The van der Waals surface area contributed by atoms with E-state index in [1.165, 1.54) is 17.8 Å². The van der Waals surface area contributed by atoms with Gasteiger partial charge in [-0.1, -0.05) is 12.1 Å². The van der Waals surface area contributed by atoms with Gasteiger partial charge in [0, 0.05) is 25.2 Å². The average molecular weight is 401 g/mol. The Bertz CT molecular complexity index is 890. The van der Waals surface area contributed by atoms with Crippen molar-refractivity contribution in [1.82, 2.24) is 4.90 Å². The van der Waals surface area contributed by atoms with Gasteiger partial charge in [0.05, 0.1) is 28.6 Å². The molecule has 7 nitrogen and oxygen atoms in total. The minimum Gasteiger partial charge on any atom is -0.485 e. The fraction of sp³-hybridized carbons (Fsp3) is 0.350. The van der Waals surface area contributed by atoms with Crippen molar-refractivity contribution in [2.75, 3.05) is 37.8 Å². The zero-order valence-corrected chi connectivity index (χ0v) is 16.9. The second-order valence-electron chi connectivity index (χ2n) is 6.58. The Morgan fingerprint density at radius 2 is 2.11 bits per heavy atom. The van der Waals surface area contributed by atoms with Crippen LogP contribution in [0.3, 0.4) is 0 Å². The molecule has 28 heavy (non-hydrogen) atoms. The molecule has 0 aliphatic carbocycles. The number of nitro groups is 1. The highest BCUT2D eigenvalue weighted by molar-refractivity contribution is 7.98. The molecule has 0 fully saturated rings. The number of nitro benzene ring substituents is 1. The number of ether oxygens (including phenoxy) is 1. The zero-order valence-electron chi connectivity index (χ0n) is 16.1. The van der Waals surface area contributed by atoms with Gasteiger partial charge in [0.2, 0.25) is 0 Å². The molecule has 1 aliphatic heterocycles. The number of anilines is 1. The Morgan fingerprint density at radius 1 is 1.36 bits per heavy atom. The number of amides is 1. The first kappa shape index (κ1) is 20.0. The predicted octanol–water partition coefficient (Wildman–Crippen LogP) is 3.68. The molecule has 2 aromatic carbocycles. The predicted molar refractivity (Wildman–Crippen MR) is 111 cm³/mol. The number of hydrogen-bond donors (Lipinski definition) is 0. The van der Waals surface area contributed by atoms with Crippen molar-refractivity contribution in [2.45, 2.75) is 17.9 Å². The highest BCUT2D eigenvalue weighted by Crippen LogP contribution is 2.33. The van der Waals surface area contributed by atoms with Crippen molar-refractivity contribution in [3.05, 3.63) is 58.1 Å². The van der Waals surface area contributed by atoms with Crippen LogP contribution < -0.4 is 9.64 Å². The molecule has 1 amide bonds. The first-order valence-corrected chi connectivity index (χ1v) is 10.3. The monoisotopic (exact) mass is 401 g/mol. The molecule has 0 spiro atoms. The van der Waals surface area contributed by atoms with E-state index in [9.17, 15) is 14.9 Å². The molecule has 0 saturated carbocycles. The van der Waals surface area contributed by atoms with E-state index in [0.29, 0.717) is 23.5 Å². The number of carbonyl (C=O) groups is 1. The number of fused-ring (bicyclic) bond motifs is 1. The molecular formula is C20H23N3O4S. The van der Waals surface area contributed by atoms with Crippen LogP contribution in [-0.4, -0.2) is 54.8 Å². The van der Waals surface area contributed by atoms with Gasteiger partial charge in [0.25, 0.3) is 11.6 Å².